The highest BCUT2D eigenvalue weighted by Crippen LogP contribution is 2.41. The van der Waals surface area contributed by atoms with Crippen molar-refractivity contribution >= 4 is 8.58 Å². The van der Waals surface area contributed by atoms with Crippen molar-refractivity contribution in [2.75, 3.05) is 6.66 Å². The van der Waals surface area contributed by atoms with E-state index in [0.717, 1.165) is 13.7 Å². The molecule has 1 rings (SSSR count). The maximum atomic E-state index is 2.45. The van der Waals surface area contributed by atoms with Gasteiger partial charge in [0.15, 0.2) is 0 Å². The molecule has 1 fully saturated rings. The quantitative estimate of drug-likeness (QED) is 0.496. The lowest BCUT2D eigenvalue weighted by Gasteiger charge is -2.32. The van der Waals surface area contributed by atoms with Crippen molar-refractivity contribution in [3.8, 4) is 0 Å². The predicted molar refractivity (Wildman–Crippen MR) is 45.7 cm³/mol. The molecule has 0 radical (unpaired) electrons. The van der Waals surface area contributed by atoms with Gasteiger partial charge in [-0.3, -0.25) is 0 Å². The van der Waals surface area contributed by atoms with Crippen molar-refractivity contribution in [2.45, 2.75) is 44.2 Å². The van der Waals surface area contributed by atoms with E-state index in [4.69, 9.17) is 0 Å². The van der Waals surface area contributed by atoms with Crippen molar-refractivity contribution in [3.05, 3.63) is 0 Å². The van der Waals surface area contributed by atoms with Gasteiger partial charge < -0.3 is 0 Å². The first kappa shape index (κ1) is 7.54. The number of hydrogen-bond acceptors (Lipinski definition) is 0. The van der Waals surface area contributed by atoms with Crippen LogP contribution in [-0.2, 0) is 0 Å². The molecule has 1 aliphatic carbocycles. The molecule has 0 N–H and O–H groups in total. The maximum absolute atomic E-state index is 2.45. The molecule has 0 aliphatic heterocycles. The smallest absolute Gasteiger partial charge is 0.0153 e. The van der Waals surface area contributed by atoms with E-state index in [-0.39, 0.29) is 0 Å². The second kappa shape index (κ2) is 3.01. The van der Waals surface area contributed by atoms with Crippen LogP contribution in [0.2, 0.25) is 0 Å². The molecule has 0 aromatic heterocycles. The fourth-order valence-electron chi connectivity index (χ4n) is 1.58. The van der Waals surface area contributed by atoms with E-state index in [1.165, 1.54) is 32.1 Å². The third-order valence-electron chi connectivity index (χ3n) is 2.56. The van der Waals surface area contributed by atoms with E-state index in [1.807, 2.05) is 0 Å². The fraction of sp³-hybridized carbons (Fsp3) is 1.00. The zero-order valence-corrected chi connectivity index (χ0v) is 7.54. The van der Waals surface area contributed by atoms with Gasteiger partial charge in [0, 0.05) is 0 Å². The summed E-state index contributed by atoms with van der Waals surface area (Å²) >= 11 is 0. The van der Waals surface area contributed by atoms with Gasteiger partial charge in [-0.05, 0) is 24.7 Å². The lowest BCUT2D eigenvalue weighted by atomic mass is 9.90. The van der Waals surface area contributed by atoms with Gasteiger partial charge >= 0.3 is 0 Å². The lowest BCUT2D eigenvalue weighted by Crippen LogP contribution is -2.21. The molecule has 0 saturated heterocycles. The highest BCUT2D eigenvalue weighted by atomic mass is 31.1. The molecule has 0 spiro atoms. The third-order valence-corrected chi connectivity index (χ3v) is 4.27. The molecule has 0 aromatic carbocycles. The molecule has 0 aromatic rings. The zero-order valence-electron chi connectivity index (χ0n) is 6.54. The van der Waals surface area contributed by atoms with Crippen LogP contribution in [0.1, 0.15) is 39.0 Å². The largest absolute Gasteiger partial charge is 0.119 e. The van der Waals surface area contributed by atoms with Gasteiger partial charge in [0.2, 0.25) is 0 Å². The summed E-state index contributed by atoms with van der Waals surface area (Å²) < 4.78 is 0. The highest BCUT2D eigenvalue weighted by Gasteiger charge is 2.23. The summed E-state index contributed by atoms with van der Waals surface area (Å²) in [5.74, 6) is 0. The van der Waals surface area contributed by atoms with Crippen LogP contribution in [0.15, 0.2) is 0 Å². The van der Waals surface area contributed by atoms with Crippen LogP contribution < -0.4 is 0 Å². The van der Waals surface area contributed by atoms with Gasteiger partial charge in [-0.25, -0.2) is 0 Å². The molecule has 0 bridgehead atoms. The van der Waals surface area contributed by atoms with Gasteiger partial charge in [-0.2, -0.15) is 0 Å². The van der Waals surface area contributed by atoms with Crippen molar-refractivity contribution in [2.24, 2.45) is 0 Å². The highest BCUT2D eigenvalue weighted by molar-refractivity contribution is 7.39. The Hall–Kier alpha value is 0.430. The van der Waals surface area contributed by atoms with Crippen molar-refractivity contribution < 1.29 is 0 Å². The summed E-state index contributed by atoms with van der Waals surface area (Å²) in [6.07, 6.45) is 7.43. The Morgan fingerprint density at radius 3 is 2.00 bits per heavy atom. The molecule has 1 heteroatoms. The minimum Gasteiger partial charge on any atom is -0.119 e. The average Bonchev–Trinajstić information content (AvgIpc) is 1.90. The predicted octanol–water partition coefficient (Wildman–Crippen LogP) is 3.02. The summed E-state index contributed by atoms with van der Waals surface area (Å²) in [6, 6.07) is 0. The van der Waals surface area contributed by atoms with Crippen LogP contribution in [0.25, 0.3) is 0 Å². The summed E-state index contributed by atoms with van der Waals surface area (Å²) in [7, 11) is 1.16. The lowest BCUT2D eigenvalue weighted by molar-refractivity contribution is 0.419. The molecule has 0 heterocycles. The molecular formula is C8H17P. The summed E-state index contributed by atoms with van der Waals surface area (Å²) in [5, 5.41) is 0.748. The minimum absolute atomic E-state index is 0.748. The second-order valence-corrected chi connectivity index (χ2v) is 5.08. The fourth-order valence-corrected chi connectivity index (χ4v) is 2.44. The van der Waals surface area contributed by atoms with Crippen LogP contribution in [0.5, 0.6) is 0 Å². The molecule has 54 valence electrons. The van der Waals surface area contributed by atoms with E-state index in [1.54, 1.807) is 0 Å². The SMILES string of the molecule is CPC1(C)CCCCC1. The maximum Gasteiger partial charge on any atom is -0.0153 e. The second-order valence-electron chi connectivity index (χ2n) is 3.37. The van der Waals surface area contributed by atoms with Crippen molar-refractivity contribution in [1.82, 2.24) is 0 Å². The van der Waals surface area contributed by atoms with E-state index in [0.29, 0.717) is 0 Å². The topological polar surface area (TPSA) is 0 Å². The van der Waals surface area contributed by atoms with Gasteiger partial charge in [0.25, 0.3) is 0 Å². The monoisotopic (exact) mass is 144 g/mol. The van der Waals surface area contributed by atoms with Crippen LogP contribution in [-0.4, -0.2) is 11.8 Å². The Labute approximate surface area is 60.2 Å². The standard InChI is InChI=1S/C8H17P/c1-8(9-2)6-4-3-5-7-8/h9H,3-7H2,1-2H3. The van der Waals surface area contributed by atoms with Gasteiger partial charge in [-0.15, -0.1) is 8.58 Å². The molecule has 1 aliphatic rings. The van der Waals surface area contributed by atoms with Gasteiger partial charge in [0.05, 0.1) is 0 Å². The molecule has 9 heavy (non-hydrogen) atoms. The van der Waals surface area contributed by atoms with Crippen LogP contribution in [0.3, 0.4) is 0 Å². The molecule has 1 atom stereocenters. The first-order valence-corrected chi connectivity index (χ1v) is 5.46. The molecular weight excluding hydrogens is 127 g/mol. The molecule has 0 nitrogen and oxygen atoms in total. The van der Waals surface area contributed by atoms with E-state index in [2.05, 4.69) is 13.6 Å². The van der Waals surface area contributed by atoms with Gasteiger partial charge in [-0.1, -0.05) is 26.2 Å². The Balaban J connectivity index is 2.37. The van der Waals surface area contributed by atoms with Crippen LogP contribution in [0, 0.1) is 0 Å². The first-order valence-electron chi connectivity index (χ1n) is 3.96. The molecule has 1 saturated carbocycles. The van der Waals surface area contributed by atoms with E-state index in [9.17, 15) is 0 Å². The normalized spacial score (nSPS) is 27.3. The molecule has 0 amide bonds. The first-order chi connectivity index (χ1) is 4.27. The van der Waals surface area contributed by atoms with Crippen LogP contribution in [0.4, 0.5) is 0 Å². The van der Waals surface area contributed by atoms with Crippen LogP contribution >= 0.6 is 8.58 Å². The van der Waals surface area contributed by atoms with E-state index < -0.39 is 0 Å². The average molecular weight is 144 g/mol. The Bertz CT molecular complexity index is 82.6. The Morgan fingerprint density at radius 1 is 1.11 bits per heavy atom. The summed E-state index contributed by atoms with van der Waals surface area (Å²) in [5.41, 5.74) is 0. The van der Waals surface area contributed by atoms with E-state index >= 15 is 0 Å². The zero-order chi connectivity index (χ0) is 6.74. The number of rotatable bonds is 1. The van der Waals surface area contributed by atoms with Crippen molar-refractivity contribution in [3.63, 3.8) is 0 Å². The molecule has 1 unspecified atom stereocenters. The van der Waals surface area contributed by atoms with Gasteiger partial charge in [0.1, 0.15) is 0 Å². The Morgan fingerprint density at radius 2 is 1.67 bits per heavy atom. The summed E-state index contributed by atoms with van der Waals surface area (Å²) in [4.78, 5) is 0. The third kappa shape index (κ3) is 1.93. The number of hydrogen-bond donors (Lipinski definition) is 0. The van der Waals surface area contributed by atoms with Crippen molar-refractivity contribution in [1.29, 1.82) is 0 Å². The summed E-state index contributed by atoms with van der Waals surface area (Å²) in [6.45, 7) is 4.80. The Kier molecular flexibility index (Phi) is 2.52. The minimum atomic E-state index is 0.748.